The van der Waals surface area contributed by atoms with E-state index in [-0.39, 0.29) is 17.0 Å². The molecule has 0 spiro atoms. The minimum absolute atomic E-state index is 0.0747. The third-order valence-corrected chi connectivity index (χ3v) is 5.06. The molecular weight excluding hydrogens is 304 g/mol. The fourth-order valence-electron chi connectivity index (χ4n) is 2.51. The minimum Gasteiger partial charge on any atom is -0.332 e. The first-order chi connectivity index (χ1) is 10.4. The second-order valence-electron chi connectivity index (χ2n) is 5.86. The highest BCUT2D eigenvalue weighted by atomic mass is 32.2. The lowest BCUT2D eigenvalue weighted by atomic mass is 10.1. The summed E-state index contributed by atoms with van der Waals surface area (Å²) < 4.78 is 29.4. The van der Waals surface area contributed by atoms with Gasteiger partial charge in [0, 0.05) is 12.5 Å². The molecule has 0 unspecified atom stereocenters. The van der Waals surface area contributed by atoms with E-state index < -0.39 is 10.0 Å². The van der Waals surface area contributed by atoms with Crippen LogP contribution in [0.2, 0.25) is 0 Å². The second-order valence-corrected chi connectivity index (χ2v) is 7.54. The molecule has 0 saturated carbocycles. The first-order valence-electron chi connectivity index (χ1n) is 7.35. The summed E-state index contributed by atoms with van der Waals surface area (Å²) in [5.41, 5.74) is 0. The zero-order valence-electron chi connectivity index (χ0n) is 12.9. The average Bonchev–Trinajstić information content (AvgIpc) is 3.05. The van der Waals surface area contributed by atoms with Gasteiger partial charge in [0.2, 0.25) is 0 Å². The predicted octanol–water partition coefficient (Wildman–Crippen LogP) is 1.25. The SMILES string of the molecule is Cc1ncc(S(=O)(=O)N[C@@H]2CCCn3nc(C(C)C)nc32)[nH]1. The van der Waals surface area contributed by atoms with Crippen LogP contribution in [0.15, 0.2) is 11.2 Å². The first-order valence-corrected chi connectivity index (χ1v) is 8.83. The number of aromatic amines is 1. The smallest absolute Gasteiger partial charge is 0.258 e. The Morgan fingerprint density at radius 3 is 2.86 bits per heavy atom. The van der Waals surface area contributed by atoms with Gasteiger partial charge in [0.25, 0.3) is 10.0 Å². The molecule has 1 aliphatic rings. The van der Waals surface area contributed by atoms with Gasteiger partial charge in [0.15, 0.2) is 10.9 Å². The summed E-state index contributed by atoms with van der Waals surface area (Å²) in [6.07, 6.45) is 2.90. The number of imidazole rings is 1. The van der Waals surface area contributed by atoms with Crippen molar-refractivity contribution in [2.75, 3.05) is 0 Å². The van der Waals surface area contributed by atoms with Gasteiger partial charge >= 0.3 is 0 Å². The summed E-state index contributed by atoms with van der Waals surface area (Å²) >= 11 is 0. The lowest BCUT2D eigenvalue weighted by Crippen LogP contribution is -2.33. The molecule has 0 aromatic carbocycles. The molecule has 3 heterocycles. The number of aromatic nitrogens is 5. The summed E-state index contributed by atoms with van der Waals surface area (Å²) in [5, 5.41) is 4.53. The zero-order chi connectivity index (χ0) is 15.9. The van der Waals surface area contributed by atoms with Gasteiger partial charge < -0.3 is 4.98 Å². The van der Waals surface area contributed by atoms with E-state index in [0.717, 1.165) is 18.8 Å². The van der Waals surface area contributed by atoms with Gasteiger partial charge in [-0.2, -0.15) is 9.82 Å². The minimum atomic E-state index is -3.64. The Labute approximate surface area is 129 Å². The molecule has 0 amide bonds. The summed E-state index contributed by atoms with van der Waals surface area (Å²) in [6, 6.07) is -0.359. The summed E-state index contributed by atoms with van der Waals surface area (Å²) in [7, 11) is -3.64. The van der Waals surface area contributed by atoms with E-state index in [1.54, 1.807) is 6.92 Å². The Morgan fingerprint density at radius 1 is 1.45 bits per heavy atom. The molecule has 1 atom stereocenters. The molecule has 0 bridgehead atoms. The molecule has 2 aromatic heterocycles. The Balaban J connectivity index is 1.88. The van der Waals surface area contributed by atoms with Gasteiger partial charge in [0.1, 0.15) is 11.6 Å². The number of sulfonamides is 1. The highest BCUT2D eigenvalue weighted by Gasteiger charge is 2.30. The first kappa shape index (κ1) is 15.2. The topological polar surface area (TPSA) is 106 Å². The van der Waals surface area contributed by atoms with Gasteiger partial charge in [-0.15, -0.1) is 0 Å². The normalized spacial score (nSPS) is 18.6. The number of rotatable bonds is 4. The molecule has 1 aliphatic heterocycles. The lowest BCUT2D eigenvalue weighted by Gasteiger charge is -2.22. The predicted molar refractivity (Wildman–Crippen MR) is 79.7 cm³/mol. The fourth-order valence-corrected chi connectivity index (χ4v) is 3.71. The van der Waals surface area contributed by atoms with E-state index in [2.05, 4.69) is 24.8 Å². The monoisotopic (exact) mass is 324 g/mol. The van der Waals surface area contributed by atoms with Gasteiger partial charge in [-0.1, -0.05) is 13.8 Å². The molecule has 8 nitrogen and oxygen atoms in total. The lowest BCUT2D eigenvalue weighted by molar-refractivity contribution is 0.399. The van der Waals surface area contributed by atoms with Crippen molar-refractivity contribution in [2.24, 2.45) is 0 Å². The highest BCUT2D eigenvalue weighted by molar-refractivity contribution is 7.89. The average molecular weight is 324 g/mol. The molecule has 2 aromatic rings. The number of aryl methyl sites for hydroxylation is 2. The molecule has 2 N–H and O–H groups in total. The molecule has 0 aliphatic carbocycles. The van der Waals surface area contributed by atoms with Gasteiger partial charge in [-0.25, -0.2) is 23.1 Å². The van der Waals surface area contributed by atoms with E-state index in [1.165, 1.54) is 6.20 Å². The highest BCUT2D eigenvalue weighted by Crippen LogP contribution is 2.26. The number of hydrogen-bond acceptors (Lipinski definition) is 5. The maximum Gasteiger partial charge on any atom is 0.258 e. The third-order valence-electron chi connectivity index (χ3n) is 3.67. The quantitative estimate of drug-likeness (QED) is 0.880. The van der Waals surface area contributed by atoms with Gasteiger partial charge in [0.05, 0.1) is 12.2 Å². The number of nitrogens with zero attached hydrogens (tertiary/aromatic N) is 4. The molecule has 9 heteroatoms. The third kappa shape index (κ3) is 2.78. The van der Waals surface area contributed by atoms with Crippen LogP contribution in [0.1, 0.15) is 56.1 Å². The molecule has 0 radical (unpaired) electrons. The number of nitrogens with one attached hydrogen (secondary N) is 2. The van der Waals surface area contributed by atoms with Crippen LogP contribution in [0, 0.1) is 6.92 Å². The molecular formula is C13H20N6O2S. The molecule has 120 valence electrons. The molecule has 3 rings (SSSR count). The van der Waals surface area contributed by atoms with Gasteiger partial charge in [-0.05, 0) is 19.8 Å². The number of H-pyrrole nitrogens is 1. The van der Waals surface area contributed by atoms with Gasteiger partial charge in [-0.3, -0.25) is 0 Å². The largest absolute Gasteiger partial charge is 0.332 e. The Hall–Kier alpha value is -1.74. The molecule has 0 saturated heterocycles. The van der Waals surface area contributed by atoms with Crippen molar-refractivity contribution in [1.82, 2.24) is 29.5 Å². The van der Waals surface area contributed by atoms with E-state index in [0.29, 0.717) is 18.1 Å². The van der Waals surface area contributed by atoms with Crippen LogP contribution in [0.5, 0.6) is 0 Å². The van der Waals surface area contributed by atoms with Crippen molar-refractivity contribution < 1.29 is 8.42 Å². The number of hydrogen-bond donors (Lipinski definition) is 2. The summed E-state index contributed by atoms with van der Waals surface area (Å²) in [4.78, 5) is 11.2. The van der Waals surface area contributed by atoms with Crippen LogP contribution < -0.4 is 4.72 Å². The van der Waals surface area contributed by atoms with E-state index in [1.807, 2.05) is 18.5 Å². The Kier molecular flexibility index (Phi) is 3.77. The van der Waals surface area contributed by atoms with Crippen LogP contribution >= 0.6 is 0 Å². The van der Waals surface area contributed by atoms with E-state index >= 15 is 0 Å². The summed E-state index contributed by atoms with van der Waals surface area (Å²) in [6.45, 7) is 6.53. The van der Waals surface area contributed by atoms with Crippen LogP contribution in [-0.2, 0) is 16.6 Å². The van der Waals surface area contributed by atoms with E-state index in [9.17, 15) is 8.42 Å². The summed E-state index contributed by atoms with van der Waals surface area (Å²) in [5.74, 6) is 2.22. The maximum absolute atomic E-state index is 12.4. The molecule has 0 fully saturated rings. The second kappa shape index (κ2) is 5.47. The van der Waals surface area contributed by atoms with Crippen molar-refractivity contribution >= 4 is 10.0 Å². The fraction of sp³-hybridized carbons (Fsp3) is 0.615. The van der Waals surface area contributed by atoms with Crippen LogP contribution in [-0.4, -0.2) is 33.2 Å². The maximum atomic E-state index is 12.4. The number of fused-ring (bicyclic) bond motifs is 1. The van der Waals surface area contributed by atoms with Crippen LogP contribution in [0.3, 0.4) is 0 Å². The van der Waals surface area contributed by atoms with E-state index in [4.69, 9.17) is 0 Å². The standard InChI is InChI=1S/C13H20N6O2S/c1-8(2)12-16-13-10(5-4-6-19(13)17-12)18-22(20,21)11-7-14-9(3)15-11/h7-8,10,18H,4-6H2,1-3H3,(H,14,15)/t10-/m1/s1. The van der Waals surface area contributed by atoms with Crippen molar-refractivity contribution in [3.05, 3.63) is 23.7 Å². The van der Waals surface area contributed by atoms with Crippen molar-refractivity contribution in [1.29, 1.82) is 0 Å². The van der Waals surface area contributed by atoms with Crippen molar-refractivity contribution in [3.63, 3.8) is 0 Å². The van der Waals surface area contributed by atoms with Crippen molar-refractivity contribution in [2.45, 2.75) is 57.1 Å². The van der Waals surface area contributed by atoms with Crippen LogP contribution in [0.25, 0.3) is 0 Å². The Morgan fingerprint density at radius 2 is 2.23 bits per heavy atom. The Bertz CT molecular complexity index is 776. The zero-order valence-corrected chi connectivity index (χ0v) is 13.7. The van der Waals surface area contributed by atoms with Crippen LogP contribution in [0.4, 0.5) is 0 Å². The van der Waals surface area contributed by atoms with Crippen molar-refractivity contribution in [3.8, 4) is 0 Å². The molecule has 22 heavy (non-hydrogen) atoms.